The number of fused-ring (bicyclic) bond motifs is 1. The van der Waals surface area contributed by atoms with Gasteiger partial charge in [0, 0.05) is 17.8 Å². The van der Waals surface area contributed by atoms with E-state index in [1.54, 1.807) is 18.5 Å². The van der Waals surface area contributed by atoms with Gasteiger partial charge in [-0.3, -0.25) is 9.78 Å². The topological polar surface area (TPSA) is 74.6 Å². The molecule has 0 spiro atoms. The van der Waals surface area contributed by atoms with Crippen LogP contribution < -0.4 is 5.32 Å². The minimum absolute atomic E-state index is 0.487. The molecule has 0 unspecified atom stereocenters. The first-order valence-electron chi connectivity index (χ1n) is 4.62. The van der Waals surface area contributed by atoms with Gasteiger partial charge < -0.3 is 10.5 Å². The minimum Gasteiger partial charge on any atom is -0.411 e. The lowest BCUT2D eigenvalue weighted by atomic mass is 10.1. The molecule has 0 aliphatic carbocycles. The third kappa shape index (κ3) is 1.98. The highest BCUT2D eigenvalue weighted by Gasteiger charge is 2.03. The fraction of sp³-hybridized carbons (Fsp3) is 0. The van der Waals surface area contributed by atoms with E-state index in [0.29, 0.717) is 5.69 Å². The Morgan fingerprint density at radius 2 is 2.31 bits per heavy atom. The number of anilines is 1. The van der Waals surface area contributed by atoms with Gasteiger partial charge in [-0.15, -0.1) is 0 Å². The van der Waals surface area contributed by atoms with Gasteiger partial charge >= 0.3 is 0 Å². The van der Waals surface area contributed by atoms with Crippen molar-refractivity contribution in [3.63, 3.8) is 0 Å². The highest BCUT2D eigenvalue weighted by molar-refractivity contribution is 6.32. The van der Waals surface area contributed by atoms with Gasteiger partial charge in [0.15, 0.2) is 0 Å². The summed E-state index contributed by atoms with van der Waals surface area (Å²) in [7, 11) is 0. The van der Waals surface area contributed by atoms with E-state index in [-0.39, 0.29) is 0 Å². The lowest BCUT2D eigenvalue weighted by Crippen LogP contribution is -2.12. The van der Waals surface area contributed by atoms with Crippen LogP contribution in [-0.2, 0) is 4.79 Å². The zero-order valence-corrected chi connectivity index (χ0v) is 8.29. The summed E-state index contributed by atoms with van der Waals surface area (Å²) in [5, 5.41) is 15.3. The summed E-state index contributed by atoms with van der Waals surface area (Å²) in [5.74, 6) is -0.487. The third-order valence-electron chi connectivity index (χ3n) is 2.12. The molecule has 5 heteroatoms. The maximum Gasteiger partial charge on any atom is 0.270 e. The first-order valence-corrected chi connectivity index (χ1v) is 4.62. The standard InChI is InChI=1S/C11H9N3O2/c15-11(7-13-16)14-10-3-1-2-8-4-5-12-6-9(8)10/h1-7,16H,(H,14,15)/b13-7+. The number of amides is 1. The number of oxime groups is 1. The molecule has 2 N–H and O–H groups in total. The highest BCUT2D eigenvalue weighted by atomic mass is 16.4. The van der Waals surface area contributed by atoms with E-state index in [2.05, 4.69) is 15.5 Å². The number of rotatable bonds is 2. The largest absolute Gasteiger partial charge is 0.411 e. The van der Waals surface area contributed by atoms with Crippen molar-refractivity contribution in [3.05, 3.63) is 36.7 Å². The summed E-state index contributed by atoms with van der Waals surface area (Å²) in [6.07, 6.45) is 4.15. The van der Waals surface area contributed by atoms with Gasteiger partial charge in [0.2, 0.25) is 0 Å². The molecule has 2 rings (SSSR count). The molecule has 0 bridgehead atoms. The van der Waals surface area contributed by atoms with Crippen LogP contribution >= 0.6 is 0 Å². The second kappa shape index (κ2) is 4.39. The zero-order chi connectivity index (χ0) is 11.4. The quantitative estimate of drug-likeness (QED) is 0.454. The molecule has 1 aromatic heterocycles. The molecule has 5 nitrogen and oxygen atoms in total. The Morgan fingerprint density at radius 1 is 1.44 bits per heavy atom. The number of nitrogens with one attached hydrogen (secondary N) is 1. The summed E-state index contributed by atoms with van der Waals surface area (Å²) < 4.78 is 0. The van der Waals surface area contributed by atoms with Crippen LogP contribution in [0.3, 0.4) is 0 Å². The molecule has 1 heterocycles. The van der Waals surface area contributed by atoms with Crippen molar-refractivity contribution in [3.8, 4) is 0 Å². The number of carbonyl (C=O) groups is 1. The Balaban J connectivity index is 2.41. The maximum absolute atomic E-state index is 11.2. The van der Waals surface area contributed by atoms with E-state index >= 15 is 0 Å². The number of pyridine rings is 1. The van der Waals surface area contributed by atoms with Crippen LogP contribution in [0, 0.1) is 0 Å². The van der Waals surface area contributed by atoms with Crippen LogP contribution in [0.15, 0.2) is 41.8 Å². The zero-order valence-electron chi connectivity index (χ0n) is 8.29. The molecule has 0 atom stereocenters. The second-order valence-corrected chi connectivity index (χ2v) is 3.14. The molecule has 0 saturated carbocycles. The molecular weight excluding hydrogens is 206 g/mol. The van der Waals surface area contributed by atoms with E-state index in [1.165, 1.54) is 0 Å². The summed E-state index contributed by atoms with van der Waals surface area (Å²) in [6, 6.07) is 7.36. The molecular formula is C11H9N3O2. The second-order valence-electron chi connectivity index (χ2n) is 3.14. The first-order chi connectivity index (χ1) is 7.81. The predicted octanol–water partition coefficient (Wildman–Crippen LogP) is 1.63. The van der Waals surface area contributed by atoms with E-state index in [9.17, 15) is 4.79 Å². The molecule has 0 aliphatic rings. The number of benzene rings is 1. The van der Waals surface area contributed by atoms with Gasteiger partial charge in [0.05, 0.1) is 5.69 Å². The van der Waals surface area contributed by atoms with Crippen molar-refractivity contribution in [2.45, 2.75) is 0 Å². The van der Waals surface area contributed by atoms with Gasteiger partial charge in [0.1, 0.15) is 6.21 Å². The van der Waals surface area contributed by atoms with Crippen LogP contribution in [0.1, 0.15) is 0 Å². The predicted molar refractivity (Wildman–Crippen MR) is 60.7 cm³/mol. The van der Waals surface area contributed by atoms with Crippen molar-refractivity contribution in [2.75, 3.05) is 5.32 Å². The monoisotopic (exact) mass is 215 g/mol. The average Bonchev–Trinajstić information content (AvgIpc) is 2.30. The fourth-order valence-corrected chi connectivity index (χ4v) is 1.44. The Labute approximate surface area is 91.4 Å². The molecule has 0 radical (unpaired) electrons. The highest BCUT2D eigenvalue weighted by Crippen LogP contribution is 2.21. The molecule has 0 saturated heterocycles. The molecule has 1 amide bonds. The molecule has 0 fully saturated rings. The smallest absolute Gasteiger partial charge is 0.270 e. The number of hydrogen-bond acceptors (Lipinski definition) is 4. The van der Waals surface area contributed by atoms with Crippen LogP contribution in [0.2, 0.25) is 0 Å². The molecule has 16 heavy (non-hydrogen) atoms. The van der Waals surface area contributed by atoms with Crippen molar-refractivity contribution in [2.24, 2.45) is 5.16 Å². The van der Waals surface area contributed by atoms with Crippen molar-refractivity contribution < 1.29 is 10.0 Å². The summed E-state index contributed by atoms with van der Waals surface area (Å²) >= 11 is 0. The van der Waals surface area contributed by atoms with Crippen LogP contribution in [-0.4, -0.2) is 22.3 Å². The molecule has 1 aromatic carbocycles. The van der Waals surface area contributed by atoms with Gasteiger partial charge in [-0.2, -0.15) is 0 Å². The van der Waals surface area contributed by atoms with E-state index in [4.69, 9.17) is 5.21 Å². The number of carbonyl (C=O) groups excluding carboxylic acids is 1. The Kier molecular flexibility index (Phi) is 2.77. The normalized spacial score (nSPS) is 10.8. The van der Waals surface area contributed by atoms with Crippen molar-refractivity contribution in [1.29, 1.82) is 0 Å². The average molecular weight is 215 g/mol. The SMILES string of the molecule is O=C(/C=N/O)Nc1cccc2ccncc12. The maximum atomic E-state index is 11.2. The van der Waals surface area contributed by atoms with Gasteiger partial charge in [-0.25, -0.2) is 0 Å². The minimum atomic E-state index is -0.487. The summed E-state index contributed by atoms with van der Waals surface area (Å²) in [4.78, 5) is 15.2. The molecule has 2 aromatic rings. The number of hydrogen-bond donors (Lipinski definition) is 2. The van der Waals surface area contributed by atoms with E-state index in [0.717, 1.165) is 17.0 Å². The van der Waals surface area contributed by atoms with Crippen LogP contribution in [0.4, 0.5) is 5.69 Å². The summed E-state index contributed by atoms with van der Waals surface area (Å²) in [6.45, 7) is 0. The van der Waals surface area contributed by atoms with Crippen LogP contribution in [0.25, 0.3) is 10.8 Å². The molecule has 0 aliphatic heterocycles. The third-order valence-corrected chi connectivity index (χ3v) is 2.12. The van der Waals surface area contributed by atoms with Gasteiger partial charge in [-0.05, 0) is 17.5 Å². The fourth-order valence-electron chi connectivity index (χ4n) is 1.44. The molecule has 80 valence electrons. The Morgan fingerprint density at radius 3 is 3.12 bits per heavy atom. The van der Waals surface area contributed by atoms with E-state index < -0.39 is 5.91 Å². The van der Waals surface area contributed by atoms with Gasteiger partial charge in [0.25, 0.3) is 5.91 Å². The summed E-state index contributed by atoms with van der Waals surface area (Å²) in [5.41, 5.74) is 0.635. The van der Waals surface area contributed by atoms with Crippen LogP contribution in [0.5, 0.6) is 0 Å². The lowest BCUT2D eigenvalue weighted by molar-refractivity contribution is -0.110. The number of nitrogens with zero attached hydrogens (tertiary/aromatic N) is 2. The van der Waals surface area contributed by atoms with Crippen molar-refractivity contribution in [1.82, 2.24) is 4.98 Å². The number of aromatic nitrogens is 1. The van der Waals surface area contributed by atoms with Crippen molar-refractivity contribution >= 4 is 28.6 Å². The van der Waals surface area contributed by atoms with Gasteiger partial charge in [-0.1, -0.05) is 17.3 Å². The first kappa shape index (κ1) is 10.1. The Bertz CT molecular complexity index is 546. The lowest BCUT2D eigenvalue weighted by Gasteiger charge is -2.05. The van der Waals surface area contributed by atoms with E-state index in [1.807, 2.05) is 18.2 Å². The Hall–Kier alpha value is -2.43.